The summed E-state index contributed by atoms with van der Waals surface area (Å²) in [6.07, 6.45) is 3.41. The molecule has 1 amide bonds. The van der Waals surface area contributed by atoms with E-state index in [1.54, 1.807) is 37.2 Å². The van der Waals surface area contributed by atoms with Crippen molar-refractivity contribution in [2.24, 2.45) is 0 Å². The predicted molar refractivity (Wildman–Crippen MR) is 78.4 cm³/mol. The molecule has 1 aromatic heterocycles. The highest BCUT2D eigenvalue weighted by Crippen LogP contribution is 2.16. The van der Waals surface area contributed by atoms with Crippen LogP contribution in [-0.2, 0) is 4.79 Å². The van der Waals surface area contributed by atoms with Crippen molar-refractivity contribution in [3.8, 4) is 11.5 Å². The molecule has 0 saturated heterocycles. The van der Waals surface area contributed by atoms with Crippen molar-refractivity contribution < 1.29 is 14.3 Å². The second-order valence-electron chi connectivity index (χ2n) is 4.48. The molecule has 1 unspecified atom stereocenters. The van der Waals surface area contributed by atoms with Gasteiger partial charge in [0.05, 0.1) is 13.7 Å². The zero-order valence-corrected chi connectivity index (χ0v) is 12.2. The summed E-state index contributed by atoms with van der Waals surface area (Å²) >= 11 is 0. The first kappa shape index (κ1) is 14.9. The summed E-state index contributed by atoms with van der Waals surface area (Å²) in [6, 6.07) is 8.76. The van der Waals surface area contributed by atoms with Crippen molar-refractivity contribution in [2.45, 2.75) is 13.0 Å². The molecule has 0 fully saturated rings. The summed E-state index contributed by atoms with van der Waals surface area (Å²) in [6.45, 7) is 2.65. The van der Waals surface area contributed by atoms with Crippen LogP contribution >= 0.6 is 0 Å². The van der Waals surface area contributed by atoms with Crippen LogP contribution in [0.3, 0.4) is 0 Å². The van der Waals surface area contributed by atoms with Gasteiger partial charge in [-0.2, -0.15) is 5.10 Å². The summed E-state index contributed by atoms with van der Waals surface area (Å²) in [5.74, 6) is 1.44. The van der Waals surface area contributed by atoms with E-state index in [2.05, 4.69) is 10.4 Å². The van der Waals surface area contributed by atoms with E-state index in [1.165, 1.54) is 0 Å². The second-order valence-corrected chi connectivity index (χ2v) is 4.48. The molecular weight excluding hydrogens is 270 g/mol. The van der Waals surface area contributed by atoms with E-state index in [1.807, 2.05) is 24.3 Å². The number of carbonyl (C=O) groups is 1. The van der Waals surface area contributed by atoms with Crippen molar-refractivity contribution in [3.63, 3.8) is 0 Å². The minimum Gasteiger partial charge on any atom is -0.497 e. The lowest BCUT2D eigenvalue weighted by Gasteiger charge is -2.13. The van der Waals surface area contributed by atoms with Crippen LogP contribution in [0.15, 0.2) is 42.7 Å². The molecule has 2 aromatic rings. The van der Waals surface area contributed by atoms with Gasteiger partial charge in [0.25, 0.3) is 0 Å². The smallest absolute Gasteiger partial charge is 0.244 e. The standard InChI is InChI=1S/C15H19N3O3/c1-12(18-10-3-8-17-18)15(19)16-9-11-21-14-6-4-13(20-2)5-7-14/h3-8,10,12H,9,11H2,1-2H3,(H,16,19). The summed E-state index contributed by atoms with van der Waals surface area (Å²) in [5.41, 5.74) is 0. The number of rotatable bonds is 7. The maximum absolute atomic E-state index is 11.9. The van der Waals surface area contributed by atoms with Crippen LogP contribution < -0.4 is 14.8 Å². The van der Waals surface area contributed by atoms with Crippen LogP contribution in [0.5, 0.6) is 11.5 Å². The van der Waals surface area contributed by atoms with E-state index in [0.29, 0.717) is 13.2 Å². The number of hydrogen-bond donors (Lipinski definition) is 1. The van der Waals surface area contributed by atoms with Gasteiger partial charge in [0.2, 0.25) is 5.91 Å². The molecule has 6 heteroatoms. The molecular formula is C15H19N3O3. The first-order chi connectivity index (χ1) is 10.2. The Hall–Kier alpha value is -2.50. The number of carbonyl (C=O) groups excluding carboxylic acids is 1. The number of amides is 1. The lowest BCUT2D eigenvalue weighted by Crippen LogP contribution is -2.34. The number of methoxy groups -OCH3 is 1. The van der Waals surface area contributed by atoms with Crippen molar-refractivity contribution in [1.29, 1.82) is 0 Å². The molecule has 6 nitrogen and oxygen atoms in total. The molecule has 112 valence electrons. The Balaban J connectivity index is 1.70. The quantitative estimate of drug-likeness (QED) is 0.787. The Kier molecular flexibility index (Phi) is 5.20. The van der Waals surface area contributed by atoms with Gasteiger partial charge in [-0.1, -0.05) is 0 Å². The Morgan fingerprint density at radius 3 is 2.67 bits per heavy atom. The molecule has 0 aliphatic rings. The zero-order chi connectivity index (χ0) is 15.1. The largest absolute Gasteiger partial charge is 0.497 e. The van der Waals surface area contributed by atoms with Gasteiger partial charge in [0, 0.05) is 12.4 Å². The minimum atomic E-state index is -0.332. The number of ether oxygens (including phenoxy) is 2. The Morgan fingerprint density at radius 2 is 2.05 bits per heavy atom. The third-order valence-electron chi connectivity index (χ3n) is 3.03. The molecule has 1 N–H and O–H groups in total. The molecule has 0 bridgehead atoms. The maximum atomic E-state index is 11.9. The van der Waals surface area contributed by atoms with E-state index < -0.39 is 0 Å². The fraction of sp³-hybridized carbons (Fsp3) is 0.333. The van der Waals surface area contributed by atoms with Crippen LogP contribution in [0.2, 0.25) is 0 Å². The third kappa shape index (κ3) is 4.24. The number of nitrogens with zero attached hydrogens (tertiary/aromatic N) is 2. The van der Waals surface area contributed by atoms with Gasteiger partial charge >= 0.3 is 0 Å². The first-order valence-corrected chi connectivity index (χ1v) is 6.74. The molecule has 0 saturated carbocycles. The Bertz CT molecular complexity index is 552. The van der Waals surface area contributed by atoms with Crippen molar-refractivity contribution in [3.05, 3.63) is 42.7 Å². The fourth-order valence-corrected chi connectivity index (χ4v) is 1.79. The fourth-order valence-electron chi connectivity index (χ4n) is 1.79. The van der Waals surface area contributed by atoms with Crippen molar-refractivity contribution >= 4 is 5.91 Å². The van der Waals surface area contributed by atoms with Gasteiger partial charge in [-0.25, -0.2) is 0 Å². The molecule has 1 aromatic carbocycles. The van der Waals surface area contributed by atoms with Crippen LogP contribution in [0.25, 0.3) is 0 Å². The molecule has 0 spiro atoms. The summed E-state index contributed by atoms with van der Waals surface area (Å²) in [5, 5.41) is 6.86. The van der Waals surface area contributed by atoms with Gasteiger partial charge in [0.1, 0.15) is 24.1 Å². The molecule has 0 radical (unpaired) electrons. The highest BCUT2D eigenvalue weighted by molar-refractivity contribution is 5.79. The average Bonchev–Trinajstić information content (AvgIpc) is 3.05. The minimum absolute atomic E-state index is 0.0861. The van der Waals surface area contributed by atoms with Crippen LogP contribution in [0, 0.1) is 0 Å². The maximum Gasteiger partial charge on any atom is 0.244 e. The monoisotopic (exact) mass is 289 g/mol. The zero-order valence-electron chi connectivity index (χ0n) is 12.2. The van der Waals surface area contributed by atoms with E-state index in [9.17, 15) is 4.79 Å². The summed E-state index contributed by atoms with van der Waals surface area (Å²) in [4.78, 5) is 11.9. The number of nitrogens with one attached hydrogen (secondary N) is 1. The molecule has 0 aliphatic carbocycles. The number of hydrogen-bond acceptors (Lipinski definition) is 4. The van der Waals surface area contributed by atoms with Gasteiger partial charge < -0.3 is 14.8 Å². The van der Waals surface area contributed by atoms with Crippen LogP contribution in [0.4, 0.5) is 0 Å². The lowest BCUT2D eigenvalue weighted by atomic mass is 10.3. The van der Waals surface area contributed by atoms with Gasteiger partial charge in [-0.15, -0.1) is 0 Å². The van der Waals surface area contributed by atoms with Crippen LogP contribution in [-0.4, -0.2) is 35.9 Å². The van der Waals surface area contributed by atoms with Gasteiger partial charge in [0.15, 0.2) is 0 Å². The number of benzene rings is 1. The van der Waals surface area contributed by atoms with E-state index in [4.69, 9.17) is 9.47 Å². The molecule has 1 atom stereocenters. The summed E-state index contributed by atoms with van der Waals surface area (Å²) < 4.78 is 12.2. The first-order valence-electron chi connectivity index (χ1n) is 6.74. The average molecular weight is 289 g/mol. The highest BCUT2D eigenvalue weighted by Gasteiger charge is 2.13. The molecule has 2 rings (SSSR count). The Morgan fingerprint density at radius 1 is 1.33 bits per heavy atom. The second kappa shape index (κ2) is 7.33. The lowest BCUT2D eigenvalue weighted by molar-refractivity contribution is -0.124. The molecule has 1 heterocycles. The third-order valence-corrected chi connectivity index (χ3v) is 3.03. The normalized spacial score (nSPS) is 11.7. The predicted octanol–water partition coefficient (Wildman–Crippen LogP) is 1.65. The van der Waals surface area contributed by atoms with E-state index in [0.717, 1.165) is 11.5 Å². The van der Waals surface area contributed by atoms with Crippen molar-refractivity contribution in [2.75, 3.05) is 20.3 Å². The Labute approximate surface area is 123 Å². The highest BCUT2D eigenvalue weighted by atomic mass is 16.5. The van der Waals surface area contributed by atoms with Crippen LogP contribution in [0.1, 0.15) is 13.0 Å². The SMILES string of the molecule is COc1ccc(OCCNC(=O)C(C)n2cccn2)cc1. The van der Waals surface area contributed by atoms with E-state index >= 15 is 0 Å². The molecule has 0 aliphatic heterocycles. The van der Waals surface area contributed by atoms with Crippen molar-refractivity contribution in [1.82, 2.24) is 15.1 Å². The van der Waals surface area contributed by atoms with Gasteiger partial charge in [-0.05, 0) is 37.3 Å². The molecule has 21 heavy (non-hydrogen) atoms. The summed E-state index contributed by atoms with van der Waals surface area (Å²) in [7, 11) is 1.62. The topological polar surface area (TPSA) is 65.4 Å². The number of aromatic nitrogens is 2. The van der Waals surface area contributed by atoms with E-state index in [-0.39, 0.29) is 11.9 Å². The van der Waals surface area contributed by atoms with Gasteiger partial charge in [-0.3, -0.25) is 9.48 Å².